The van der Waals surface area contributed by atoms with E-state index in [1.54, 1.807) is 6.07 Å². The van der Waals surface area contributed by atoms with Gasteiger partial charge in [-0.1, -0.05) is 38.1 Å². The lowest BCUT2D eigenvalue weighted by molar-refractivity contribution is -0.138. The van der Waals surface area contributed by atoms with Gasteiger partial charge in [-0.15, -0.1) is 0 Å². The molecule has 0 aliphatic carbocycles. The van der Waals surface area contributed by atoms with Gasteiger partial charge in [-0.3, -0.25) is 4.79 Å². The van der Waals surface area contributed by atoms with Crippen LogP contribution in [0.5, 0.6) is 0 Å². The minimum absolute atomic E-state index is 0.144. The Hall–Kier alpha value is -1.31. The maximum atomic E-state index is 10.6. The van der Waals surface area contributed by atoms with Crippen molar-refractivity contribution in [2.75, 3.05) is 0 Å². The van der Waals surface area contributed by atoms with Crippen LogP contribution in [0.4, 0.5) is 0 Å². The van der Waals surface area contributed by atoms with E-state index in [-0.39, 0.29) is 11.8 Å². The highest BCUT2D eigenvalue weighted by atomic mass is 16.4. The highest BCUT2D eigenvalue weighted by Crippen LogP contribution is 2.26. The van der Waals surface area contributed by atoms with Crippen molar-refractivity contribution in [1.82, 2.24) is 0 Å². The highest BCUT2D eigenvalue weighted by Gasteiger charge is 2.23. The molecule has 0 spiro atoms. The Kier molecular flexibility index (Phi) is 2.71. The second kappa shape index (κ2) is 3.60. The summed E-state index contributed by atoms with van der Waals surface area (Å²) >= 11 is 0. The molecule has 0 fully saturated rings. The smallest absolute Gasteiger partial charge is 0.304 e. The summed E-state index contributed by atoms with van der Waals surface area (Å²) in [4.78, 5) is 10.6. The van der Waals surface area contributed by atoms with E-state index in [4.69, 9.17) is 5.11 Å². The first kappa shape index (κ1) is 9.78. The van der Waals surface area contributed by atoms with E-state index in [0.717, 1.165) is 5.56 Å². The summed E-state index contributed by atoms with van der Waals surface area (Å²) in [6, 6.07) is 10.4. The monoisotopic (exact) mass is 177 g/mol. The molecule has 0 heterocycles. The third-order valence-electron chi connectivity index (χ3n) is 2.08. The number of rotatable bonds is 3. The summed E-state index contributed by atoms with van der Waals surface area (Å²) in [5.41, 5.74) is 0.696. The quantitative estimate of drug-likeness (QED) is 0.768. The van der Waals surface area contributed by atoms with Crippen LogP contribution >= 0.6 is 0 Å². The van der Waals surface area contributed by atoms with Crippen LogP contribution in [-0.2, 0) is 10.2 Å². The van der Waals surface area contributed by atoms with Crippen molar-refractivity contribution in [2.45, 2.75) is 25.7 Å². The van der Waals surface area contributed by atoms with Crippen molar-refractivity contribution in [3.63, 3.8) is 0 Å². The van der Waals surface area contributed by atoms with Gasteiger partial charge in [0, 0.05) is 5.41 Å². The van der Waals surface area contributed by atoms with E-state index in [0.29, 0.717) is 0 Å². The van der Waals surface area contributed by atoms with Gasteiger partial charge in [0.05, 0.1) is 6.42 Å². The van der Waals surface area contributed by atoms with Gasteiger partial charge in [-0.2, -0.15) is 0 Å². The van der Waals surface area contributed by atoms with Crippen molar-refractivity contribution >= 4 is 5.97 Å². The zero-order valence-corrected chi connectivity index (χ0v) is 7.87. The average molecular weight is 177 g/mol. The van der Waals surface area contributed by atoms with E-state index in [1.165, 1.54) is 0 Å². The molecule has 0 unspecified atom stereocenters. The molecule has 1 aromatic carbocycles. The fraction of sp³-hybridized carbons (Fsp3) is 0.364. The van der Waals surface area contributed by atoms with E-state index >= 15 is 0 Å². The highest BCUT2D eigenvalue weighted by molar-refractivity contribution is 5.68. The first-order chi connectivity index (χ1) is 6.02. The van der Waals surface area contributed by atoms with Crippen LogP contribution in [0.3, 0.4) is 0 Å². The summed E-state index contributed by atoms with van der Waals surface area (Å²) in [5.74, 6) is -0.770. The molecule has 0 saturated carbocycles. The van der Waals surface area contributed by atoms with Gasteiger partial charge in [-0.05, 0) is 11.6 Å². The maximum absolute atomic E-state index is 10.6. The summed E-state index contributed by atoms with van der Waals surface area (Å²) < 4.78 is 0. The lowest BCUT2D eigenvalue weighted by Crippen LogP contribution is -2.21. The molecular formula is C11H13O2. The number of carboxylic acids is 1. The molecule has 2 heteroatoms. The minimum atomic E-state index is -0.770. The molecule has 0 aliphatic heterocycles. The topological polar surface area (TPSA) is 37.3 Å². The molecule has 0 amide bonds. The van der Waals surface area contributed by atoms with Gasteiger partial charge in [0.2, 0.25) is 0 Å². The third-order valence-corrected chi connectivity index (χ3v) is 2.08. The normalized spacial score (nSPS) is 11.2. The van der Waals surface area contributed by atoms with Crippen molar-refractivity contribution in [1.29, 1.82) is 0 Å². The summed E-state index contributed by atoms with van der Waals surface area (Å²) in [6.45, 7) is 3.84. The number of hydrogen-bond donors (Lipinski definition) is 1. The Balaban J connectivity index is 2.87. The van der Waals surface area contributed by atoms with E-state index in [9.17, 15) is 4.79 Å². The Morgan fingerprint density at radius 3 is 2.77 bits per heavy atom. The lowest BCUT2D eigenvalue weighted by Gasteiger charge is -2.22. The van der Waals surface area contributed by atoms with Gasteiger partial charge in [0.25, 0.3) is 0 Å². The van der Waals surface area contributed by atoms with Gasteiger partial charge < -0.3 is 5.11 Å². The SMILES string of the molecule is CC(C)(CC(=O)O)c1c[c]ccc1. The fourth-order valence-electron chi connectivity index (χ4n) is 1.29. The Morgan fingerprint density at radius 1 is 1.62 bits per heavy atom. The number of benzene rings is 1. The first-order valence-electron chi connectivity index (χ1n) is 4.21. The standard InChI is InChI=1S/C11H13O2/c1-11(2,8-10(12)13)9-6-4-3-5-7-9/h3-4,6-7H,8H2,1-2H3,(H,12,13). The molecule has 2 nitrogen and oxygen atoms in total. The maximum Gasteiger partial charge on any atom is 0.304 e. The molecule has 1 rings (SSSR count). The van der Waals surface area contributed by atoms with Crippen LogP contribution in [-0.4, -0.2) is 11.1 Å². The first-order valence-corrected chi connectivity index (χ1v) is 4.21. The number of carbonyl (C=O) groups is 1. The molecule has 13 heavy (non-hydrogen) atoms. The average Bonchev–Trinajstić information content (AvgIpc) is 2.04. The Labute approximate surface area is 78.2 Å². The molecule has 69 valence electrons. The van der Waals surface area contributed by atoms with E-state index in [1.807, 2.05) is 32.0 Å². The summed E-state index contributed by atoms with van der Waals surface area (Å²) in [5, 5.41) is 8.70. The van der Waals surface area contributed by atoms with Crippen molar-refractivity contribution in [2.24, 2.45) is 0 Å². The summed E-state index contributed by atoms with van der Waals surface area (Å²) in [6.07, 6.45) is 0.144. The van der Waals surface area contributed by atoms with E-state index < -0.39 is 5.97 Å². The predicted molar refractivity (Wildman–Crippen MR) is 50.6 cm³/mol. The molecular weight excluding hydrogens is 164 g/mol. The van der Waals surface area contributed by atoms with Gasteiger partial charge in [-0.25, -0.2) is 0 Å². The zero-order valence-electron chi connectivity index (χ0n) is 7.87. The fourth-order valence-corrected chi connectivity index (χ4v) is 1.29. The van der Waals surface area contributed by atoms with Crippen LogP contribution in [0.25, 0.3) is 0 Å². The number of carboxylic acid groups (broad SMARTS) is 1. The largest absolute Gasteiger partial charge is 0.481 e. The molecule has 0 aromatic heterocycles. The number of hydrogen-bond acceptors (Lipinski definition) is 1. The lowest BCUT2D eigenvalue weighted by atomic mass is 9.82. The molecule has 1 aromatic rings. The third kappa shape index (κ3) is 2.58. The molecule has 0 bridgehead atoms. The Bertz CT molecular complexity index is 288. The molecule has 1 N–H and O–H groups in total. The van der Waals surface area contributed by atoms with E-state index in [2.05, 4.69) is 6.07 Å². The Morgan fingerprint density at radius 2 is 2.31 bits per heavy atom. The van der Waals surface area contributed by atoms with Gasteiger partial charge >= 0.3 is 5.97 Å². The van der Waals surface area contributed by atoms with Crippen molar-refractivity contribution in [3.05, 3.63) is 35.9 Å². The zero-order chi connectivity index (χ0) is 9.90. The molecule has 0 atom stereocenters. The molecule has 0 aliphatic rings. The molecule has 1 radical (unpaired) electrons. The van der Waals surface area contributed by atoms with Crippen LogP contribution in [0.1, 0.15) is 25.8 Å². The summed E-state index contributed by atoms with van der Waals surface area (Å²) in [7, 11) is 0. The van der Waals surface area contributed by atoms with Gasteiger partial charge in [0.1, 0.15) is 0 Å². The molecule has 0 saturated heterocycles. The van der Waals surface area contributed by atoms with Crippen molar-refractivity contribution < 1.29 is 9.90 Å². The second-order valence-corrected chi connectivity index (χ2v) is 3.75. The predicted octanol–water partition coefficient (Wildman–Crippen LogP) is 2.24. The van der Waals surface area contributed by atoms with Crippen LogP contribution < -0.4 is 0 Å². The van der Waals surface area contributed by atoms with Crippen LogP contribution in [0, 0.1) is 6.07 Å². The van der Waals surface area contributed by atoms with Crippen LogP contribution in [0.15, 0.2) is 24.3 Å². The van der Waals surface area contributed by atoms with Crippen molar-refractivity contribution in [3.8, 4) is 0 Å². The minimum Gasteiger partial charge on any atom is -0.481 e. The van der Waals surface area contributed by atoms with Crippen LogP contribution in [0.2, 0.25) is 0 Å². The van der Waals surface area contributed by atoms with Gasteiger partial charge in [0.15, 0.2) is 0 Å². The number of aliphatic carboxylic acids is 1. The second-order valence-electron chi connectivity index (χ2n) is 3.75.